The number of carbonyl (C=O) groups is 1. The normalized spacial score (nSPS) is 30.2. The van der Waals surface area contributed by atoms with Crippen molar-refractivity contribution < 1.29 is 14.3 Å². The van der Waals surface area contributed by atoms with Crippen LogP contribution >= 0.6 is 12.4 Å². The standard InChI is InChI=1S/C15H17NO3.ClH/c17-15-11-3-5-16(6-4-11)12(15)7-10-1-2-13-14(8-10)19-9-18-13;/h1-2,8,11-12H,3-7,9H2;1H. The van der Waals surface area contributed by atoms with Crippen LogP contribution in [0.5, 0.6) is 11.5 Å². The van der Waals surface area contributed by atoms with Gasteiger partial charge in [-0.25, -0.2) is 0 Å². The minimum Gasteiger partial charge on any atom is -0.454 e. The Labute approximate surface area is 124 Å². The second-order valence-corrected chi connectivity index (χ2v) is 5.62. The number of ketones is 1. The van der Waals surface area contributed by atoms with E-state index in [2.05, 4.69) is 4.90 Å². The number of hydrogen-bond acceptors (Lipinski definition) is 4. The van der Waals surface area contributed by atoms with Crippen molar-refractivity contribution in [3.63, 3.8) is 0 Å². The minimum atomic E-state index is 0. The number of benzene rings is 1. The molecule has 0 N–H and O–H groups in total. The molecule has 0 radical (unpaired) electrons. The van der Waals surface area contributed by atoms with Gasteiger partial charge < -0.3 is 9.47 Å². The zero-order valence-corrected chi connectivity index (χ0v) is 12.0. The van der Waals surface area contributed by atoms with E-state index in [4.69, 9.17) is 9.47 Å². The molecule has 0 aromatic heterocycles. The average molecular weight is 296 g/mol. The highest BCUT2D eigenvalue weighted by Gasteiger charge is 2.40. The van der Waals surface area contributed by atoms with Gasteiger partial charge in [0.15, 0.2) is 17.3 Å². The SMILES string of the molecule is Cl.O=C1C2CCN(CC2)C1Cc1ccc2c(c1)OCO2. The van der Waals surface area contributed by atoms with E-state index in [9.17, 15) is 4.79 Å². The number of rotatable bonds is 2. The Kier molecular flexibility index (Phi) is 3.61. The smallest absolute Gasteiger partial charge is 0.231 e. The molecule has 4 nitrogen and oxygen atoms in total. The van der Waals surface area contributed by atoms with Gasteiger partial charge >= 0.3 is 0 Å². The molecule has 4 heterocycles. The second kappa shape index (κ2) is 5.26. The third kappa shape index (κ3) is 2.17. The molecule has 0 spiro atoms. The molecular weight excluding hydrogens is 278 g/mol. The lowest BCUT2D eigenvalue weighted by Crippen LogP contribution is -2.56. The van der Waals surface area contributed by atoms with Crippen molar-refractivity contribution in [2.75, 3.05) is 19.9 Å². The van der Waals surface area contributed by atoms with E-state index in [0.29, 0.717) is 18.5 Å². The van der Waals surface area contributed by atoms with Crippen LogP contribution in [0.3, 0.4) is 0 Å². The van der Waals surface area contributed by atoms with E-state index >= 15 is 0 Å². The minimum absolute atomic E-state index is 0. The van der Waals surface area contributed by atoms with Gasteiger partial charge in [-0.15, -0.1) is 12.4 Å². The summed E-state index contributed by atoms with van der Waals surface area (Å²) in [5.41, 5.74) is 1.16. The third-order valence-corrected chi connectivity index (χ3v) is 4.57. The maximum absolute atomic E-state index is 12.3. The molecule has 20 heavy (non-hydrogen) atoms. The van der Waals surface area contributed by atoms with Gasteiger partial charge in [0.25, 0.3) is 0 Å². The van der Waals surface area contributed by atoms with Crippen molar-refractivity contribution in [1.29, 1.82) is 0 Å². The second-order valence-electron chi connectivity index (χ2n) is 5.62. The summed E-state index contributed by atoms with van der Waals surface area (Å²) in [6.45, 7) is 2.45. The summed E-state index contributed by atoms with van der Waals surface area (Å²) in [5.74, 6) is 2.36. The van der Waals surface area contributed by atoms with E-state index in [1.54, 1.807) is 0 Å². The molecule has 3 fully saturated rings. The van der Waals surface area contributed by atoms with Crippen LogP contribution in [0, 0.1) is 5.92 Å². The summed E-state index contributed by atoms with van der Waals surface area (Å²) in [7, 11) is 0. The van der Waals surface area contributed by atoms with Crippen LogP contribution in [0.1, 0.15) is 18.4 Å². The van der Waals surface area contributed by atoms with Gasteiger partial charge in [-0.1, -0.05) is 6.07 Å². The van der Waals surface area contributed by atoms with Gasteiger partial charge in [0.2, 0.25) is 6.79 Å². The Hall–Kier alpha value is -1.26. The number of ether oxygens (including phenoxy) is 2. The highest BCUT2D eigenvalue weighted by molar-refractivity contribution is 5.88. The molecule has 2 bridgehead atoms. The number of halogens is 1. The van der Waals surface area contributed by atoms with Crippen molar-refractivity contribution in [1.82, 2.24) is 4.90 Å². The molecule has 0 saturated carbocycles. The number of nitrogens with zero attached hydrogens (tertiary/aromatic N) is 1. The number of fused-ring (bicyclic) bond motifs is 4. The Bertz CT molecular complexity index is 526. The van der Waals surface area contributed by atoms with Gasteiger partial charge in [-0.05, 0) is 50.0 Å². The highest BCUT2D eigenvalue weighted by Crippen LogP contribution is 2.35. The number of piperidine rings is 3. The molecule has 4 aliphatic heterocycles. The topological polar surface area (TPSA) is 38.8 Å². The summed E-state index contributed by atoms with van der Waals surface area (Å²) < 4.78 is 10.7. The third-order valence-electron chi connectivity index (χ3n) is 4.57. The Morgan fingerprint density at radius 2 is 1.90 bits per heavy atom. The first-order valence-corrected chi connectivity index (χ1v) is 6.97. The molecule has 1 atom stereocenters. The van der Waals surface area contributed by atoms with Crippen LogP contribution in [-0.4, -0.2) is 36.6 Å². The largest absolute Gasteiger partial charge is 0.454 e. The molecule has 5 rings (SSSR count). The summed E-state index contributed by atoms with van der Waals surface area (Å²) in [5, 5.41) is 0. The first kappa shape index (κ1) is 13.7. The molecule has 0 aliphatic carbocycles. The van der Waals surface area contributed by atoms with Gasteiger partial charge in [0.05, 0.1) is 6.04 Å². The van der Waals surface area contributed by atoms with Crippen molar-refractivity contribution in [3.05, 3.63) is 23.8 Å². The van der Waals surface area contributed by atoms with Crippen LogP contribution in [0.15, 0.2) is 18.2 Å². The van der Waals surface area contributed by atoms with E-state index in [0.717, 1.165) is 49.4 Å². The van der Waals surface area contributed by atoms with Crippen molar-refractivity contribution >= 4 is 18.2 Å². The van der Waals surface area contributed by atoms with Gasteiger partial charge in [-0.3, -0.25) is 9.69 Å². The Balaban J connectivity index is 0.00000121. The van der Waals surface area contributed by atoms with Crippen LogP contribution in [0.25, 0.3) is 0 Å². The fraction of sp³-hybridized carbons (Fsp3) is 0.533. The van der Waals surface area contributed by atoms with Crippen molar-refractivity contribution in [2.45, 2.75) is 25.3 Å². The van der Waals surface area contributed by atoms with E-state index in [-0.39, 0.29) is 18.4 Å². The number of hydrogen-bond donors (Lipinski definition) is 0. The summed E-state index contributed by atoms with van der Waals surface area (Å²) in [4.78, 5) is 14.7. The van der Waals surface area contributed by atoms with Crippen LogP contribution in [0.2, 0.25) is 0 Å². The Morgan fingerprint density at radius 1 is 1.15 bits per heavy atom. The summed E-state index contributed by atoms with van der Waals surface area (Å²) in [6.07, 6.45) is 2.90. The first-order chi connectivity index (χ1) is 9.31. The molecule has 1 aromatic rings. The van der Waals surface area contributed by atoms with Crippen LogP contribution in [0.4, 0.5) is 0 Å². The van der Waals surface area contributed by atoms with Crippen molar-refractivity contribution in [2.24, 2.45) is 5.92 Å². The predicted octanol–water partition coefficient (Wildman–Crippen LogP) is 2.04. The lowest BCUT2D eigenvalue weighted by Gasteiger charge is -2.44. The van der Waals surface area contributed by atoms with Gasteiger partial charge in [0, 0.05) is 5.92 Å². The number of Topliss-reactive ketones (excluding diaryl/α,β-unsaturated/α-hetero) is 1. The Morgan fingerprint density at radius 3 is 2.65 bits per heavy atom. The average Bonchev–Trinajstić information content (AvgIpc) is 2.91. The lowest BCUT2D eigenvalue weighted by atomic mass is 9.80. The van der Waals surface area contributed by atoms with E-state index < -0.39 is 0 Å². The zero-order chi connectivity index (χ0) is 12.8. The quantitative estimate of drug-likeness (QED) is 0.837. The van der Waals surface area contributed by atoms with Crippen molar-refractivity contribution in [3.8, 4) is 11.5 Å². The van der Waals surface area contributed by atoms with Crippen LogP contribution in [-0.2, 0) is 11.2 Å². The lowest BCUT2D eigenvalue weighted by molar-refractivity contribution is -0.136. The molecule has 0 amide bonds. The van der Waals surface area contributed by atoms with E-state index in [1.807, 2.05) is 18.2 Å². The van der Waals surface area contributed by atoms with Crippen LogP contribution < -0.4 is 9.47 Å². The molecule has 108 valence electrons. The number of carbonyl (C=O) groups excluding carboxylic acids is 1. The van der Waals surface area contributed by atoms with Gasteiger partial charge in [-0.2, -0.15) is 0 Å². The van der Waals surface area contributed by atoms with Gasteiger partial charge in [0.1, 0.15) is 0 Å². The monoisotopic (exact) mass is 295 g/mol. The molecule has 4 aliphatic rings. The summed E-state index contributed by atoms with van der Waals surface area (Å²) in [6, 6.07) is 6.08. The maximum Gasteiger partial charge on any atom is 0.231 e. The highest BCUT2D eigenvalue weighted by atomic mass is 35.5. The zero-order valence-electron chi connectivity index (χ0n) is 11.2. The molecule has 1 aromatic carbocycles. The first-order valence-electron chi connectivity index (χ1n) is 6.97. The van der Waals surface area contributed by atoms with E-state index in [1.165, 1.54) is 0 Å². The predicted molar refractivity (Wildman–Crippen MR) is 76.6 cm³/mol. The molecule has 5 heteroatoms. The molecule has 3 saturated heterocycles. The fourth-order valence-corrected chi connectivity index (χ4v) is 3.47. The molecular formula is C15H18ClNO3. The molecule has 1 unspecified atom stereocenters. The maximum atomic E-state index is 12.3. The fourth-order valence-electron chi connectivity index (χ4n) is 3.47. The summed E-state index contributed by atoms with van der Waals surface area (Å²) >= 11 is 0.